The molecule has 0 fully saturated rings. The van der Waals surface area contributed by atoms with Gasteiger partial charge in [-0.1, -0.05) is 24.8 Å². The minimum absolute atomic E-state index is 0.185. The zero-order valence-corrected chi connectivity index (χ0v) is 7.84. The lowest BCUT2D eigenvalue weighted by Crippen LogP contribution is -2.03. The Hall–Kier alpha value is -2.17. The fraction of sp³-hybridized carbons (Fsp3) is 0.100. The van der Waals surface area contributed by atoms with Crippen LogP contribution < -0.4 is 0 Å². The standard InChI is InChI=1S/C10H9NO4/c1-2-7-3-4-8(6-10(12)13)9(5-7)11(14)15/h2-5H,1,6H2,(H,12,13). The number of nitrogens with zero attached hydrogens (tertiary/aromatic N) is 1. The number of nitro groups is 1. The first kappa shape index (κ1) is 10.9. The second-order valence-corrected chi connectivity index (χ2v) is 2.92. The number of rotatable bonds is 4. The Morgan fingerprint density at radius 3 is 2.73 bits per heavy atom. The van der Waals surface area contributed by atoms with E-state index in [0.717, 1.165) is 0 Å². The summed E-state index contributed by atoms with van der Waals surface area (Å²) in [6.07, 6.45) is 1.12. The monoisotopic (exact) mass is 207 g/mol. The molecule has 0 aromatic heterocycles. The Labute approximate surface area is 85.8 Å². The van der Waals surface area contributed by atoms with E-state index < -0.39 is 10.9 Å². The van der Waals surface area contributed by atoms with E-state index >= 15 is 0 Å². The zero-order chi connectivity index (χ0) is 11.4. The van der Waals surface area contributed by atoms with Crippen molar-refractivity contribution < 1.29 is 14.8 Å². The van der Waals surface area contributed by atoms with Crippen molar-refractivity contribution in [2.75, 3.05) is 0 Å². The van der Waals surface area contributed by atoms with E-state index in [0.29, 0.717) is 5.56 Å². The maximum absolute atomic E-state index is 10.6. The van der Waals surface area contributed by atoms with Gasteiger partial charge in [0.1, 0.15) is 0 Å². The molecule has 1 N–H and O–H groups in total. The summed E-state index contributed by atoms with van der Waals surface area (Å²) in [7, 11) is 0. The average molecular weight is 207 g/mol. The first-order chi connectivity index (χ1) is 7.04. The van der Waals surface area contributed by atoms with E-state index in [1.165, 1.54) is 18.2 Å². The molecule has 0 aliphatic rings. The van der Waals surface area contributed by atoms with Crippen molar-refractivity contribution in [2.45, 2.75) is 6.42 Å². The van der Waals surface area contributed by atoms with E-state index in [2.05, 4.69) is 6.58 Å². The van der Waals surface area contributed by atoms with Crippen molar-refractivity contribution in [3.63, 3.8) is 0 Å². The lowest BCUT2D eigenvalue weighted by Gasteiger charge is -2.01. The Bertz CT molecular complexity index is 425. The van der Waals surface area contributed by atoms with Gasteiger partial charge >= 0.3 is 5.97 Å². The Morgan fingerprint density at radius 1 is 1.60 bits per heavy atom. The number of carbonyl (C=O) groups is 1. The molecular weight excluding hydrogens is 198 g/mol. The number of benzene rings is 1. The fourth-order valence-electron chi connectivity index (χ4n) is 1.19. The smallest absolute Gasteiger partial charge is 0.308 e. The van der Waals surface area contributed by atoms with Crippen molar-refractivity contribution in [1.82, 2.24) is 0 Å². The van der Waals surface area contributed by atoms with Gasteiger partial charge in [0.25, 0.3) is 5.69 Å². The molecule has 0 spiro atoms. The number of carboxylic acid groups (broad SMARTS) is 1. The van der Waals surface area contributed by atoms with Crippen LogP contribution in [-0.2, 0) is 11.2 Å². The Morgan fingerprint density at radius 2 is 2.27 bits per heavy atom. The van der Waals surface area contributed by atoms with Crippen LogP contribution in [0.1, 0.15) is 11.1 Å². The number of carboxylic acids is 1. The van der Waals surface area contributed by atoms with Gasteiger partial charge in [-0.05, 0) is 5.56 Å². The number of hydrogen-bond acceptors (Lipinski definition) is 3. The highest BCUT2D eigenvalue weighted by Gasteiger charge is 2.15. The van der Waals surface area contributed by atoms with E-state index in [4.69, 9.17) is 5.11 Å². The quantitative estimate of drug-likeness (QED) is 0.603. The van der Waals surface area contributed by atoms with Crippen molar-refractivity contribution >= 4 is 17.7 Å². The molecule has 5 nitrogen and oxygen atoms in total. The van der Waals surface area contributed by atoms with Gasteiger partial charge in [-0.2, -0.15) is 0 Å². The third-order valence-corrected chi connectivity index (χ3v) is 1.88. The van der Waals surface area contributed by atoms with Crippen LogP contribution in [0.2, 0.25) is 0 Å². The molecule has 1 aromatic rings. The first-order valence-electron chi connectivity index (χ1n) is 4.16. The predicted molar refractivity (Wildman–Crippen MR) is 54.5 cm³/mol. The molecule has 0 radical (unpaired) electrons. The zero-order valence-electron chi connectivity index (χ0n) is 7.84. The molecule has 0 saturated carbocycles. The van der Waals surface area contributed by atoms with Crippen molar-refractivity contribution in [1.29, 1.82) is 0 Å². The van der Waals surface area contributed by atoms with Crippen LogP contribution in [0.5, 0.6) is 0 Å². The van der Waals surface area contributed by atoms with E-state index in [1.54, 1.807) is 6.07 Å². The third-order valence-electron chi connectivity index (χ3n) is 1.88. The molecule has 0 saturated heterocycles. The minimum Gasteiger partial charge on any atom is -0.481 e. The topological polar surface area (TPSA) is 80.4 Å². The molecule has 0 bridgehead atoms. The van der Waals surface area contributed by atoms with Crippen molar-refractivity contribution in [3.05, 3.63) is 46.0 Å². The highest BCUT2D eigenvalue weighted by Crippen LogP contribution is 2.21. The van der Waals surface area contributed by atoms with Gasteiger partial charge in [-0.3, -0.25) is 14.9 Å². The second-order valence-electron chi connectivity index (χ2n) is 2.92. The van der Waals surface area contributed by atoms with Crippen LogP contribution in [0.3, 0.4) is 0 Å². The molecule has 0 aliphatic heterocycles. The van der Waals surface area contributed by atoms with Gasteiger partial charge in [-0.15, -0.1) is 0 Å². The Balaban J connectivity index is 3.20. The number of aliphatic carboxylic acids is 1. The molecule has 78 valence electrons. The predicted octanol–water partition coefficient (Wildman–Crippen LogP) is 1.86. The lowest BCUT2D eigenvalue weighted by molar-refractivity contribution is -0.385. The summed E-state index contributed by atoms with van der Waals surface area (Å²) < 4.78 is 0. The van der Waals surface area contributed by atoms with E-state index in [-0.39, 0.29) is 17.7 Å². The fourth-order valence-corrected chi connectivity index (χ4v) is 1.19. The van der Waals surface area contributed by atoms with Gasteiger partial charge in [0, 0.05) is 11.6 Å². The van der Waals surface area contributed by atoms with Crippen LogP contribution in [0.15, 0.2) is 24.8 Å². The molecule has 0 amide bonds. The molecular formula is C10H9NO4. The summed E-state index contributed by atoms with van der Waals surface area (Å²) >= 11 is 0. The van der Waals surface area contributed by atoms with Crippen LogP contribution >= 0.6 is 0 Å². The van der Waals surface area contributed by atoms with Crippen LogP contribution in [0.25, 0.3) is 6.08 Å². The van der Waals surface area contributed by atoms with Gasteiger partial charge in [0.2, 0.25) is 0 Å². The SMILES string of the molecule is C=Cc1ccc(CC(=O)O)c([N+](=O)[O-])c1. The number of hydrogen-bond donors (Lipinski definition) is 1. The Kier molecular flexibility index (Phi) is 3.17. The van der Waals surface area contributed by atoms with Gasteiger partial charge < -0.3 is 5.11 Å². The summed E-state index contributed by atoms with van der Waals surface area (Å²) in [6, 6.07) is 4.34. The van der Waals surface area contributed by atoms with Crippen LogP contribution in [0.4, 0.5) is 5.69 Å². The van der Waals surface area contributed by atoms with Crippen molar-refractivity contribution in [3.8, 4) is 0 Å². The van der Waals surface area contributed by atoms with Gasteiger partial charge in [-0.25, -0.2) is 0 Å². The molecule has 0 aliphatic carbocycles. The summed E-state index contributed by atoms with van der Waals surface area (Å²) in [6.45, 7) is 3.48. The molecule has 1 aromatic carbocycles. The summed E-state index contributed by atoms with van der Waals surface area (Å²) in [5.74, 6) is -1.09. The maximum atomic E-state index is 10.6. The summed E-state index contributed by atoms with van der Waals surface area (Å²) in [4.78, 5) is 20.5. The van der Waals surface area contributed by atoms with Crippen molar-refractivity contribution in [2.24, 2.45) is 0 Å². The largest absolute Gasteiger partial charge is 0.481 e. The second kappa shape index (κ2) is 4.36. The highest BCUT2D eigenvalue weighted by atomic mass is 16.6. The molecule has 1 rings (SSSR count). The molecule has 5 heteroatoms. The summed E-state index contributed by atoms with van der Waals surface area (Å²) in [5, 5.41) is 19.2. The maximum Gasteiger partial charge on any atom is 0.308 e. The minimum atomic E-state index is -1.09. The van der Waals surface area contributed by atoms with Crippen LogP contribution in [0, 0.1) is 10.1 Å². The molecule has 15 heavy (non-hydrogen) atoms. The normalized spacial score (nSPS) is 9.60. The summed E-state index contributed by atoms with van der Waals surface area (Å²) in [5.41, 5.74) is 0.601. The first-order valence-corrected chi connectivity index (χ1v) is 4.16. The lowest BCUT2D eigenvalue weighted by atomic mass is 10.1. The molecule has 0 heterocycles. The van der Waals surface area contributed by atoms with Gasteiger partial charge in [0.05, 0.1) is 11.3 Å². The number of nitro benzene ring substituents is 1. The molecule has 0 atom stereocenters. The van der Waals surface area contributed by atoms with Crippen LogP contribution in [-0.4, -0.2) is 16.0 Å². The van der Waals surface area contributed by atoms with E-state index in [9.17, 15) is 14.9 Å². The third kappa shape index (κ3) is 2.63. The average Bonchev–Trinajstić information content (AvgIpc) is 2.17. The molecule has 0 unspecified atom stereocenters. The van der Waals surface area contributed by atoms with E-state index in [1.807, 2.05) is 0 Å². The highest BCUT2D eigenvalue weighted by molar-refractivity contribution is 5.72. The van der Waals surface area contributed by atoms with Gasteiger partial charge in [0.15, 0.2) is 0 Å².